The largest absolute Gasteiger partial charge is 0.363 e. The van der Waals surface area contributed by atoms with Crippen LogP contribution in [-0.4, -0.2) is 11.0 Å². The minimum Gasteiger partial charge on any atom is -0.363 e. The monoisotopic (exact) mass is 268 g/mol. The maximum atomic E-state index is 5.43. The van der Waals surface area contributed by atoms with Crippen LogP contribution in [0.3, 0.4) is 0 Å². The lowest BCUT2D eigenvalue weighted by Gasteiger charge is -2.37. The fourth-order valence-electron chi connectivity index (χ4n) is 2.82. The average Bonchev–Trinajstić information content (AvgIpc) is 2.50. The topological polar surface area (TPSA) is 54.2 Å². The molecule has 1 aliphatic heterocycles. The number of hydrogen-bond acceptors (Lipinski definition) is 4. The Bertz CT molecular complexity index is 597. The number of aromatic nitrogens is 1. The first-order valence-corrected chi connectivity index (χ1v) is 7.05. The Morgan fingerprint density at radius 3 is 2.95 bits per heavy atom. The Labute approximate surface area is 119 Å². The van der Waals surface area contributed by atoms with E-state index in [9.17, 15) is 0 Å². The molecule has 0 bridgehead atoms. The highest BCUT2D eigenvalue weighted by Crippen LogP contribution is 2.31. The fourth-order valence-corrected chi connectivity index (χ4v) is 2.82. The van der Waals surface area contributed by atoms with Gasteiger partial charge in [0.1, 0.15) is 5.82 Å². The number of nitrogens with one attached hydrogen (secondary N) is 1. The van der Waals surface area contributed by atoms with Gasteiger partial charge in [-0.15, -0.1) is 0 Å². The van der Waals surface area contributed by atoms with Gasteiger partial charge in [0.05, 0.1) is 12.2 Å². The molecule has 3 N–H and O–H groups in total. The zero-order valence-electron chi connectivity index (χ0n) is 11.7. The van der Waals surface area contributed by atoms with E-state index < -0.39 is 0 Å². The van der Waals surface area contributed by atoms with Gasteiger partial charge >= 0.3 is 0 Å². The molecule has 1 aromatic heterocycles. The van der Waals surface area contributed by atoms with Gasteiger partial charge in [-0.05, 0) is 43.5 Å². The van der Waals surface area contributed by atoms with Gasteiger partial charge in [0.2, 0.25) is 0 Å². The second-order valence-electron chi connectivity index (χ2n) is 5.30. The van der Waals surface area contributed by atoms with Crippen LogP contribution in [0.4, 0.5) is 11.5 Å². The van der Waals surface area contributed by atoms with E-state index in [0.717, 1.165) is 18.7 Å². The van der Waals surface area contributed by atoms with Crippen LogP contribution in [0.1, 0.15) is 24.6 Å². The molecule has 4 nitrogen and oxygen atoms in total. The minimum absolute atomic E-state index is 0.529. The van der Waals surface area contributed by atoms with Gasteiger partial charge in [-0.25, -0.2) is 10.8 Å². The second kappa shape index (κ2) is 5.51. The van der Waals surface area contributed by atoms with Crippen LogP contribution < -0.4 is 16.2 Å². The van der Waals surface area contributed by atoms with Gasteiger partial charge in [0.15, 0.2) is 0 Å². The molecule has 1 atom stereocenters. The van der Waals surface area contributed by atoms with E-state index in [0.29, 0.717) is 11.9 Å². The summed E-state index contributed by atoms with van der Waals surface area (Å²) in [5, 5.41) is 0. The van der Waals surface area contributed by atoms with Crippen LogP contribution in [0.2, 0.25) is 0 Å². The first kappa shape index (κ1) is 12.9. The fraction of sp³-hybridized carbons (Fsp3) is 0.312. The van der Waals surface area contributed by atoms with Gasteiger partial charge in [0.25, 0.3) is 0 Å². The molecule has 0 fully saturated rings. The number of para-hydroxylation sites is 1. The van der Waals surface area contributed by atoms with Crippen LogP contribution in [-0.2, 0) is 13.0 Å². The Morgan fingerprint density at radius 1 is 1.25 bits per heavy atom. The number of pyridine rings is 1. The molecule has 0 radical (unpaired) electrons. The van der Waals surface area contributed by atoms with E-state index in [2.05, 4.69) is 46.5 Å². The van der Waals surface area contributed by atoms with Gasteiger partial charge in [0, 0.05) is 11.7 Å². The zero-order chi connectivity index (χ0) is 13.9. The van der Waals surface area contributed by atoms with Gasteiger partial charge in [-0.3, -0.25) is 0 Å². The number of hydrazine groups is 1. The molecule has 0 saturated carbocycles. The molecule has 0 amide bonds. The summed E-state index contributed by atoms with van der Waals surface area (Å²) in [5.41, 5.74) is 6.40. The van der Waals surface area contributed by atoms with Crippen molar-refractivity contribution >= 4 is 11.5 Å². The Morgan fingerprint density at radius 2 is 2.10 bits per heavy atom. The van der Waals surface area contributed by atoms with Crippen molar-refractivity contribution in [3.05, 3.63) is 53.7 Å². The molecule has 1 aromatic carbocycles. The molecule has 0 spiro atoms. The van der Waals surface area contributed by atoms with Crippen molar-refractivity contribution < 1.29 is 0 Å². The SMILES string of the molecule is CC1CCc2ccccc2N1Cc1cccc(NN)n1. The standard InChI is InChI=1S/C16H20N4/c1-12-9-10-13-5-2-3-7-15(13)20(12)11-14-6-4-8-16(18-14)19-17/h2-8,12H,9-11,17H2,1H3,(H,18,19). The second-order valence-corrected chi connectivity index (χ2v) is 5.30. The van der Waals surface area contributed by atoms with Crippen molar-refractivity contribution in [1.29, 1.82) is 0 Å². The normalized spacial score (nSPS) is 17.7. The first-order chi connectivity index (χ1) is 9.78. The number of benzene rings is 1. The molecule has 3 rings (SSSR count). The lowest BCUT2D eigenvalue weighted by Crippen LogP contribution is -2.37. The van der Waals surface area contributed by atoms with Crippen molar-refractivity contribution in [2.45, 2.75) is 32.4 Å². The van der Waals surface area contributed by atoms with E-state index in [4.69, 9.17) is 5.84 Å². The number of fused-ring (bicyclic) bond motifs is 1. The van der Waals surface area contributed by atoms with Crippen molar-refractivity contribution in [3.8, 4) is 0 Å². The molecule has 4 heteroatoms. The average molecular weight is 268 g/mol. The number of nitrogens with zero attached hydrogens (tertiary/aromatic N) is 2. The summed E-state index contributed by atoms with van der Waals surface area (Å²) in [4.78, 5) is 6.95. The quantitative estimate of drug-likeness (QED) is 0.664. The molecule has 2 aromatic rings. The number of anilines is 2. The summed E-state index contributed by atoms with van der Waals surface area (Å²) in [6.45, 7) is 3.09. The molecule has 2 heterocycles. The third-order valence-corrected chi connectivity index (χ3v) is 3.95. The Kier molecular flexibility index (Phi) is 3.56. The third kappa shape index (κ3) is 2.47. The molecule has 20 heavy (non-hydrogen) atoms. The summed E-state index contributed by atoms with van der Waals surface area (Å²) < 4.78 is 0. The van der Waals surface area contributed by atoms with Crippen LogP contribution >= 0.6 is 0 Å². The van der Waals surface area contributed by atoms with Crippen molar-refractivity contribution in [1.82, 2.24) is 4.98 Å². The number of nitrogen functional groups attached to an aromatic ring is 1. The first-order valence-electron chi connectivity index (χ1n) is 7.05. The molecule has 0 saturated heterocycles. The predicted molar refractivity (Wildman–Crippen MR) is 82.5 cm³/mol. The van der Waals surface area contributed by atoms with Crippen LogP contribution in [0, 0.1) is 0 Å². The number of nitrogens with two attached hydrogens (primary N) is 1. The minimum atomic E-state index is 0.529. The van der Waals surface area contributed by atoms with Crippen LogP contribution in [0.5, 0.6) is 0 Å². The van der Waals surface area contributed by atoms with Crippen molar-refractivity contribution in [3.63, 3.8) is 0 Å². The summed E-state index contributed by atoms with van der Waals surface area (Å²) in [6.07, 6.45) is 2.34. The smallest absolute Gasteiger partial charge is 0.140 e. The van der Waals surface area contributed by atoms with E-state index in [-0.39, 0.29) is 0 Å². The molecule has 0 aliphatic carbocycles. The summed E-state index contributed by atoms with van der Waals surface area (Å²) >= 11 is 0. The van der Waals surface area contributed by atoms with Gasteiger partial charge in [-0.2, -0.15) is 0 Å². The number of rotatable bonds is 3. The molecular weight excluding hydrogens is 248 g/mol. The number of aryl methyl sites for hydroxylation is 1. The highest BCUT2D eigenvalue weighted by molar-refractivity contribution is 5.56. The van der Waals surface area contributed by atoms with Crippen LogP contribution in [0.25, 0.3) is 0 Å². The maximum Gasteiger partial charge on any atom is 0.140 e. The zero-order valence-corrected chi connectivity index (χ0v) is 11.7. The molecule has 104 valence electrons. The lowest BCUT2D eigenvalue weighted by molar-refractivity contribution is 0.557. The van der Waals surface area contributed by atoms with Crippen molar-refractivity contribution in [2.24, 2.45) is 5.84 Å². The summed E-state index contributed by atoms with van der Waals surface area (Å²) in [6, 6.07) is 15.1. The third-order valence-electron chi connectivity index (χ3n) is 3.95. The maximum absolute atomic E-state index is 5.43. The Balaban J connectivity index is 1.89. The molecule has 1 aliphatic rings. The van der Waals surface area contributed by atoms with E-state index >= 15 is 0 Å². The highest BCUT2D eigenvalue weighted by atomic mass is 15.3. The number of hydrogen-bond donors (Lipinski definition) is 2. The predicted octanol–water partition coefficient (Wildman–Crippen LogP) is 2.71. The Hall–Kier alpha value is -2.07. The molecular formula is C16H20N4. The van der Waals surface area contributed by atoms with Crippen molar-refractivity contribution in [2.75, 3.05) is 10.3 Å². The summed E-state index contributed by atoms with van der Waals surface area (Å²) in [7, 11) is 0. The molecule has 1 unspecified atom stereocenters. The van der Waals surface area contributed by atoms with Gasteiger partial charge in [-0.1, -0.05) is 24.3 Å². The van der Waals surface area contributed by atoms with E-state index in [1.165, 1.54) is 17.7 Å². The summed E-state index contributed by atoms with van der Waals surface area (Å²) in [5.74, 6) is 6.14. The van der Waals surface area contributed by atoms with Crippen LogP contribution in [0.15, 0.2) is 42.5 Å². The van der Waals surface area contributed by atoms with E-state index in [1.54, 1.807) is 0 Å². The van der Waals surface area contributed by atoms with Gasteiger partial charge < -0.3 is 10.3 Å². The van der Waals surface area contributed by atoms with E-state index in [1.807, 2.05) is 18.2 Å². The highest BCUT2D eigenvalue weighted by Gasteiger charge is 2.22. The lowest BCUT2D eigenvalue weighted by atomic mass is 9.96.